The van der Waals surface area contributed by atoms with Gasteiger partial charge in [-0.2, -0.15) is 11.8 Å². The van der Waals surface area contributed by atoms with Gasteiger partial charge in [0.25, 0.3) is 0 Å². The van der Waals surface area contributed by atoms with E-state index in [2.05, 4.69) is 24.2 Å². The molecule has 0 saturated carbocycles. The largest absolute Gasteiger partial charge is 0.481 e. The number of ether oxygens (including phenoxy) is 1. The minimum Gasteiger partial charge on any atom is -0.481 e. The highest BCUT2D eigenvalue weighted by Crippen LogP contribution is 2.25. The Morgan fingerprint density at radius 2 is 2.38 bits per heavy atom. The summed E-state index contributed by atoms with van der Waals surface area (Å²) in [5.74, 6) is 2.35. The number of rotatable bonds is 4. The molecule has 0 saturated heterocycles. The van der Waals surface area contributed by atoms with Crippen molar-refractivity contribution in [2.45, 2.75) is 12.8 Å². The molecule has 1 atom stereocenters. The van der Waals surface area contributed by atoms with E-state index in [1.807, 2.05) is 17.8 Å². The summed E-state index contributed by atoms with van der Waals surface area (Å²) in [6.07, 6.45) is 3.87. The Morgan fingerprint density at radius 3 is 3.00 bits per heavy atom. The molecule has 1 aromatic rings. The van der Waals surface area contributed by atoms with Crippen molar-refractivity contribution in [1.82, 2.24) is 4.98 Å². The second kappa shape index (κ2) is 5.12. The zero-order valence-electron chi connectivity index (χ0n) is 8.28. The molecule has 1 aromatic heterocycles. The predicted octanol–water partition coefficient (Wildman–Crippen LogP) is 2.56. The van der Waals surface area contributed by atoms with Gasteiger partial charge in [-0.1, -0.05) is 13.0 Å². The third kappa shape index (κ3) is 2.62. The van der Waals surface area contributed by atoms with Gasteiger partial charge in [0.15, 0.2) is 0 Å². The van der Waals surface area contributed by atoms with E-state index in [-0.39, 0.29) is 0 Å². The van der Waals surface area contributed by atoms with Crippen molar-refractivity contribution in [3.05, 3.63) is 23.9 Å². The zero-order chi connectivity index (χ0) is 9.68. The molecule has 1 heterocycles. The second-order valence-electron chi connectivity index (χ2n) is 2.96. The first-order valence-corrected chi connectivity index (χ1v) is 5.66. The molecule has 0 bridgehead atoms. The molecule has 13 heavy (non-hydrogen) atoms. The van der Waals surface area contributed by atoms with E-state index in [1.165, 1.54) is 5.56 Å². The molecular formula is C10H15NOS. The van der Waals surface area contributed by atoms with Crippen molar-refractivity contribution in [1.29, 1.82) is 0 Å². The molecule has 0 aliphatic carbocycles. The number of pyridine rings is 1. The van der Waals surface area contributed by atoms with Crippen LogP contribution in [0.15, 0.2) is 18.3 Å². The Kier molecular flexibility index (Phi) is 4.09. The molecule has 0 N–H and O–H groups in total. The van der Waals surface area contributed by atoms with Crippen LogP contribution in [0.25, 0.3) is 0 Å². The van der Waals surface area contributed by atoms with Crippen molar-refractivity contribution >= 4 is 11.8 Å². The Bertz CT molecular complexity index is 265. The van der Waals surface area contributed by atoms with Crippen LogP contribution in [-0.4, -0.2) is 24.1 Å². The smallest absolute Gasteiger partial charge is 0.216 e. The van der Waals surface area contributed by atoms with Gasteiger partial charge >= 0.3 is 0 Å². The van der Waals surface area contributed by atoms with Crippen LogP contribution in [0.1, 0.15) is 18.4 Å². The van der Waals surface area contributed by atoms with E-state index in [0.29, 0.717) is 5.92 Å². The van der Waals surface area contributed by atoms with Crippen LogP contribution in [-0.2, 0) is 0 Å². The monoisotopic (exact) mass is 197 g/mol. The minimum atomic E-state index is 0.499. The van der Waals surface area contributed by atoms with Gasteiger partial charge in [-0.25, -0.2) is 4.98 Å². The molecule has 0 unspecified atom stereocenters. The number of nitrogens with zero attached hydrogens (tertiary/aromatic N) is 1. The molecular weight excluding hydrogens is 182 g/mol. The molecule has 72 valence electrons. The molecule has 0 amide bonds. The fourth-order valence-electron chi connectivity index (χ4n) is 1.29. The summed E-state index contributed by atoms with van der Waals surface area (Å²) in [6, 6.07) is 4.03. The summed E-state index contributed by atoms with van der Waals surface area (Å²) in [4.78, 5) is 4.17. The second-order valence-corrected chi connectivity index (χ2v) is 3.87. The molecule has 3 heteroatoms. The SMILES string of the molecule is COc1ncccc1[C@H](C)CSC. The van der Waals surface area contributed by atoms with E-state index in [0.717, 1.165) is 11.6 Å². The lowest BCUT2D eigenvalue weighted by Gasteiger charge is -2.12. The topological polar surface area (TPSA) is 22.1 Å². The molecule has 0 aliphatic rings. The summed E-state index contributed by atoms with van der Waals surface area (Å²) < 4.78 is 5.19. The van der Waals surface area contributed by atoms with E-state index in [4.69, 9.17) is 4.74 Å². The quantitative estimate of drug-likeness (QED) is 0.740. The van der Waals surface area contributed by atoms with E-state index >= 15 is 0 Å². The maximum absolute atomic E-state index is 5.19. The lowest BCUT2D eigenvalue weighted by atomic mass is 10.1. The van der Waals surface area contributed by atoms with Crippen LogP contribution in [0, 0.1) is 0 Å². The van der Waals surface area contributed by atoms with Gasteiger partial charge in [0.1, 0.15) is 0 Å². The Hall–Kier alpha value is -0.700. The average molecular weight is 197 g/mol. The molecule has 0 fully saturated rings. The van der Waals surface area contributed by atoms with E-state index in [1.54, 1.807) is 13.3 Å². The lowest BCUT2D eigenvalue weighted by molar-refractivity contribution is 0.390. The predicted molar refractivity (Wildman–Crippen MR) is 57.6 cm³/mol. The van der Waals surface area contributed by atoms with Crippen molar-refractivity contribution in [2.75, 3.05) is 19.1 Å². The van der Waals surface area contributed by atoms with Crippen LogP contribution >= 0.6 is 11.8 Å². The maximum atomic E-state index is 5.19. The first kappa shape index (κ1) is 10.4. The molecule has 0 spiro atoms. The molecule has 0 radical (unpaired) electrons. The van der Waals surface area contributed by atoms with Crippen LogP contribution in [0.4, 0.5) is 0 Å². The Balaban J connectivity index is 2.85. The van der Waals surface area contributed by atoms with Gasteiger partial charge in [-0.3, -0.25) is 0 Å². The van der Waals surface area contributed by atoms with Gasteiger partial charge in [0, 0.05) is 11.8 Å². The van der Waals surface area contributed by atoms with Crippen LogP contribution in [0.2, 0.25) is 0 Å². The van der Waals surface area contributed by atoms with Gasteiger partial charge in [0.2, 0.25) is 5.88 Å². The van der Waals surface area contributed by atoms with Gasteiger partial charge in [-0.05, 0) is 24.0 Å². The third-order valence-electron chi connectivity index (χ3n) is 1.94. The molecule has 2 nitrogen and oxygen atoms in total. The number of aromatic nitrogens is 1. The average Bonchev–Trinajstić information content (AvgIpc) is 2.18. The van der Waals surface area contributed by atoms with Crippen molar-refractivity contribution in [2.24, 2.45) is 0 Å². The lowest BCUT2D eigenvalue weighted by Crippen LogP contribution is -2.01. The summed E-state index contributed by atoms with van der Waals surface area (Å²) in [5.41, 5.74) is 1.19. The van der Waals surface area contributed by atoms with Crippen LogP contribution in [0.3, 0.4) is 0 Å². The number of hydrogen-bond acceptors (Lipinski definition) is 3. The number of methoxy groups -OCH3 is 1. The first-order valence-electron chi connectivity index (χ1n) is 4.27. The minimum absolute atomic E-state index is 0.499. The normalized spacial score (nSPS) is 12.5. The van der Waals surface area contributed by atoms with E-state index < -0.39 is 0 Å². The summed E-state index contributed by atoms with van der Waals surface area (Å²) >= 11 is 1.84. The van der Waals surface area contributed by atoms with Crippen LogP contribution < -0.4 is 4.74 Å². The summed E-state index contributed by atoms with van der Waals surface area (Å²) in [5, 5.41) is 0. The van der Waals surface area contributed by atoms with Crippen molar-refractivity contribution in [3.8, 4) is 5.88 Å². The van der Waals surface area contributed by atoms with Gasteiger partial charge in [-0.15, -0.1) is 0 Å². The highest BCUT2D eigenvalue weighted by Gasteiger charge is 2.10. The fraction of sp³-hybridized carbons (Fsp3) is 0.500. The van der Waals surface area contributed by atoms with Crippen molar-refractivity contribution < 1.29 is 4.74 Å². The third-order valence-corrected chi connectivity index (χ3v) is 2.77. The number of hydrogen-bond donors (Lipinski definition) is 0. The Labute approximate surface area is 83.7 Å². The zero-order valence-corrected chi connectivity index (χ0v) is 9.10. The summed E-state index contributed by atoms with van der Waals surface area (Å²) in [7, 11) is 1.66. The highest BCUT2D eigenvalue weighted by molar-refractivity contribution is 7.98. The fourth-order valence-corrected chi connectivity index (χ4v) is 1.97. The standard InChI is InChI=1S/C10H15NOS/c1-8(7-13-3)9-5-4-6-11-10(9)12-2/h4-6,8H,7H2,1-3H3/t8-/m1/s1. The maximum Gasteiger partial charge on any atom is 0.216 e. The molecule has 0 aromatic carbocycles. The molecule has 0 aliphatic heterocycles. The first-order chi connectivity index (χ1) is 6.29. The Morgan fingerprint density at radius 1 is 1.62 bits per heavy atom. The number of thioether (sulfide) groups is 1. The van der Waals surface area contributed by atoms with Gasteiger partial charge in [0.05, 0.1) is 7.11 Å². The van der Waals surface area contributed by atoms with Crippen molar-refractivity contribution in [3.63, 3.8) is 0 Å². The highest BCUT2D eigenvalue weighted by atomic mass is 32.2. The van der Waals surface area contributed by atoms with Crippen LogP contribution in [0.5, 0.6) is 5.88 Å². The van der Waals surface area contributed by atoms with E-state index in [9.17, 15) is 0 Å². The summed E-state index contributed by atoms with van der Waals surface area (Å²) in [6.45, 7) is 2.19. The molecule has 1 rings (SSSR count). The van der Waals surface area contributed by atoms with Gasteiger partial charge < -0.3 is 4.74 Å².